The molecule has 2 aliphatic rings. The Labute approximate surface area is 81.5 Å². The fourth-order valence-electron chi connectivity index (χ4n) is 2.23. The molecule has 1 unspecified atom stereocenters. The van der Waals surface area contributed by atoms with Crippen LogP contribution in [0.2, 0.25) is 0 Å². The SMILES string of the molecule is CNC(C)CNCC1(C2CC2)CC1. The predicted octanol–water partition coefficient (Wildman–Crippen LogP) is 1.37. The van der Waals surface area contributed by atoms with Crippen molar-refractivity contribution in [2.75, 3.05) is 20.1 Å². The average molecular weight is 182 g/mol. The van der Waals surface area contributed by atoms with Crippen LogP contribution in [0.1, 0.15) is 32.6 Å². The normalized spacial score (nSPS) is 27.2. The lowest BCUT2D eigenvalue weighted by atomic mass is 10.0. The van der Waals surface area contributed by atoms with Gasteiger partial charge in [0.25, 0.3) is 0 Å². The van der Waals surface area contributed by atoms with Crippen molar-refractivity contribution in [3.8, 4) is 0 Å². The molecule has 13 heavy (non-hydrogen) atoms. The summed E-state index contributed by atoms with van der Waals surface area (Å²) >= 11 is 0. The first-order valence-corrected chi connectivity index (χ1v) is 5.65. The van der Waals surface area contributed by atoms with Crippen LogP contribution in [0, 0.1) is 11.3 Å². The molecule has 0 amide bonds. The summed E-state index contributed by atoms with van der Waals surface area (Å²) in [5.41, 5.74) is 0.757. The molecule has 2 rings (SSSR count). The van der Waals surface area contributed by atoms with Crippen LogP contribution in [0.15, 0.2) is 0 Å². The number of hydrogen-bond acceptors (Lipinski definition) is 2. The zero-order chi connectivity index (χ0) is 9.31. The summed E-state index contributed by atoms with van der Waals surface area (Å²) in [7, 11) is 2.03. The van der Waals surface area contributed by atoms with E-state index in [0.717, 1.165) is 17.9 Å². The Hall–Kier alpha value is -0.0800. The topological polar surface area (TPSA) is 24.1 Å². The summed E-state index contributed by atoms with van der Waals surface area (Å²) in [6, 6.07) is 0.606. The summed E-state index contributed by atoms with van der Waals surface area (Å²) in [5.74, 6) is 1.09. The van der Waals surface area contributed by atoms with Gasteiger partial charge in [-0.2, -0.15) is 0 Å². The van der Waals surface area contributed by atoms with E-state index in [1.165, 1.54) is 32.2 Å². The summed E-state index contributed by atoms with van der Waals surface area (Å²) in [6.07, 6.45) is 5.98. The molecular formula is C11H22N2. The Morgan fingerprint density at radius 2 is 2.08 bits per heavy atom. The van der Waals surface area contributed by atoms with Gasteiger partial charge in [0.15, 0.2) is 0 Å². The number of likely N-dealkylation sites (N-methyl/N-ethyl adjacent to an activating group) is 1. The van der Waals surface area contributed by atoms with Crippen LogP contribution in [-0.4, -0.2) is 26.2 Å². The van der Waals surface area contributed by atoms with Gasteiger partial charge in [0.1, 0.15) is 0 Å². The summed E-state index contributed by atoms with van der Waals surface area (Å²) in [6.45, 7) is 4.61. The van der Waals surface area contributed by atoms with E-state index < -0.39 is 0 Å². The van der Waals surface area contributed by atoms with Gasteiger partial charge in [0.2, 0.25) is 0 Å². The summed E-state index contributed by atoms with van der Waals surface area (Å²) in [5, 5.41) is 6.85. The molecule has 2 saturated carbocycles. The standard InChI is InChI=1S/C11H22N2/c1-9(12-2)7-13-8-11(5-6-11)10-3-4-10/h9-10,12-13H,3-8H2,1-2H3. The van der Waals surface area contributed by atoms with Crippen molar-refractivity contribution >= 4 is 0 Å². The van der Waals surface area contributed by atoms with Crippen LogP contribution in [-0.2, 0) is 0 Å². The second-order valence-electron chi connectivity index (χ2n) is 4.96. The van der Waals surface area contributed by atoms with E-state index in [9.17, 15) is 0 Å². The van der Waals surface area contributed by atoms with Crippen molar-refractivity contribution in [3.05, 3.63) is 0 Å². The van der Waals surface area contributed by atoms with Crippen LogP contribution in [0.25, 0.3) is 0 Å². The molecular weight excluding hydrogens is 160 g/mol. The molecule has 0 aromatic heterocycles. The Bertz CT molecular complexity index is 171. The van der Waals surface area contributed by atoms with E-state index in [1.807, 2.05) is 7.05 Å². The fraction of sp³-hybridized carbons (Fsp3) is 1.00. The second kappa shape index (κ2) is 3.58. The van der Waals surface area contributed by atoms with Crippen molar-refractivity contribution in [2.24, 2.45) is 11.3 Å². The summed E-state index contributed by atoms with van der Waals surface area (Å²) in [4.78, 5) is 0. The van der Waals surface area contributed by atoms with E-state index in [2.05, 4.69) is 17.6 Å². The number of rotatable bonds is 6. The van der Waals surface area contributed by atoms with Crippen molar-refractivity contribution in [2.45, 2.75) is 38.6 Å². The van der Waals surface area contributed by atoms with E-state index in [4.69, 9.17) is 0 Å². The third-order valence-corrected chi connectivity index (χ3v) is 3.76. The first-order valence-electron chi connectivity index (χ1n) is 5.65. The third kappa shape index (κ3) is 2.23. The highest BCUT2D eigenvalue weighted by molar-refractivity contribution is 5.05. The molecule has 0 aromatic rings. The largest absolute Gasteiger partial charge is 0.316 e. The quantitative estimate of drug-likeness (QED) is 0.648. The van der Waals surface area contributed by atoms with Gasteiger partial charge in [0, 0.05) is 19.1 Å². The average Bonchev–Trinajstić information content (AvgIpc) is 2.96. The molecule has 0 heterocycles. The molecule has 2 aliphatic carbocycles. The van der Waals surface area contributed by atoms with E-state index in [0.29, 0.717) is 6.04 Å². The minimum atomic E-state index is 0.606. The highest BCUT2D eigenvalue weighted by atomic mass is 15.0. The maximum Gasteiger partial charge on any atom is 0.0161 e. The lowest BCUT2D eigenvalue weighted by molar-refractivity contribution is 0.392. The molecule has 2 fully saturated rings. The van der Waals surface area contributed by atoms with Gasteiger partial charge in [-0.1, -0.05) is 0 Å². The molecule has 1 atom stereocenters. The Kier molecular flexibility index (Phi) is 2.61. The molecule has 76 valence electrons. The number of hydrogen-bond donors (Lipinski definition) is 2. The smallest absolute Gasteiger partial charge is 0.0161 e. The van der Waals surface area contributed by atoms with Crippen LogP contribution in [0.5, 0.6) is 0 Å². The van der Waals surface area contributed by atoms with Gasteiger partial charge in [0.05, 0.1) is 0 Å². The van der Waals surface area contributed by atoms with E-state index >= 15 is 0 Å². The highest BCUT2D eigenvalue weighted by Gasteiger charge is 2.53. The molecule has 2 N–H and O–H groups in total. The molecule has 0 radical (unpaired) electrons. The third-order valence-electron chi connectivity index (χ3n) is 3.76. The first kappa shape index (κ1) is 9.47. The molecule has 0 spiro atoms. The molecule has 2 nitrogen and oxygen atoms in total. The second-order valence-corrected chi connectivity index (χ2v) is 4.96. The van der Waals surface area contributed by atoms with Crippen molar-refractivity contribution < 1.29 is 0 Å². The van der Waals surface area contributed by atoms with Gasteiger partial charge >= 0.3 is 0 Å². The van der Waals surface area contributed by atoms with E-state index in [-0.39, 0.29) is 0 Å². The Balaban J connectivity index is 1.62. The van der Waals surface area contributed by atoms with Crippen LogP contribution in [0.3, 0.4) is 0 Å². The molecule has 0 aromatic carbocycles. The fourth-order valence-corrected chi connectivity index (χ4v) is 2.23. The summed E-state index contributed by atoms with van der Waals surface area (Å²) < 4.78 is 0. The minimum absolute atomic E-state index is 0.606. The van der Waals surface area contributed by atoms with Crippen LogP contribution >= 0.6 is 0 Å². The molecule has 2 heteroatoms. The van der Waals surface area contributed by atoms with Gasteiger partial charge in [-0.15, -0.1) is 0 Å². The van der Waals surface area contributed by atoms with Gasteiger partial charge in [-0.3, -0.25) is 0 Å². The minimum Gasteiger partial charge on any atom is -0.316 e. The van der Waals surface area contributed by atoms with Crippen LogP contribution in [0.4, 0.5) is 0 Å². The lowest BCUT2D eigenvalue weighted by Crippen LogP contribution is -2.37. The first-order chi connectivity index (χ1) is 6.27. The van der Waals surface area contributed by atoms with Gasteiger partial charge in [-0.05, 0) is 51.0 Å². The zero-order valence-electron chi connectivity index (χ0n) is 8.90. The highest BCUT2D eigenvalue weighted by Crippen LogP contribution is 2.60. The maximum absolute atomic E-state index is 3.60. The lowest BCUT2D eigenvalue weighted by Gasteiger charge is -2.17. The Morgan fingerprint density at radius 3 is 2.54 bits per heavy atom. The van der Waals surface area contributed by atoms with Gasteiger partial charge < -0.3 is 10.6 Å². The molecule has 0 saturated heterocycles. The van der Waals surface area contributed by atoms with Gasteiger partial charge in [-0.25, -0.2) is 0 Å². The number of nitrogens with one attached hydrogen (secondary N) is 2. The Morgan fingerprint density at radius 1 is 1.38 bits per heavy atom. The van der Waals surface area contributed by atoms with E-state index in [1.54, 1.807) is 0 Å². The molecule has 0 bridgehead atoms. The predicted molar refractivity (Wildman–Crippen MR) is 55.8 cm³/mol. The zero-order valence-corrected chi connectivity index (χ0v) is 8.90. The molecule has 0 aliphatic heterocycles. The monoisotopic (exact) mass is 182 g/mol. The van der Waals surface area contributed by atoms with Crippen molar-refractivity contribution in [1.82, 2.24) is 10.6 Å². The van der Waals surface area contributed by atoms with Crippen molar-refractivity contribution in [3.63, 3.8) is 0 Å². The van der Waals surface area contributed by atoms with Crippen LogP contribution < -0.4 is 10.6 Å². The van der Waals surface area contributed by atoms with Crippen molar-refractivity contribution in [1.29, 1.82) is 0 Å². The maximum atomic E-state index is 3.60.